The fourth-order valence-corrected chi connectivity index (χ4v) is 3.52. The number of ether oxygens (including phenoxy) is 4. The summed E-state index contributed by atoms with van der Waals surface area (Å²) >= 11 is 0. The number of anilines is 1. The predicted octanol–water partition coefficient (Wildman–Crippen LogP) is 5.16. The van der Waals surface area contributed by atoms with Crippen molar-refractivity contribution in [2.45, 2.75) is 0 Å². The molecule has 10 heteroatoms. The van der Waals surface area contributed by atoms with Crippen molar-refractivity contribution >= 4 is 35.5 Å². The van der Waals surface area contributed by atoms with Crippen molar-refractivity contribution in [1.29, 1.82) is 0 Å². The Balaban J connectivity index is 1.93. The molecular weight excluding hydrogens is 480 g/mol. The first-order chi connectivity index (χ1) is 17.8. The minimum absolute atomic E-state index is 0.0733. The molecule has 0 aliphatic carbocycles. The number of methoxy groups -OCH3 is 4. The third-order valence-corrected chi connectivity index (χ3v) is 5.27. The zero-order valence-corrected chi connectivity index (χ0v) is 20.7. The Kier molecular flexibility index (Phi) is 8.71. The van der Waals surface area contributed by atoms with Crippen LogP contribution in [-0.2, 0) is 4.79 Å². The number of carbonyl (C=O) groups excluding carboxylic acids is 1. The Morgan fingerprint density at radius 1 is 0.865 bits per heavy atom. The van der Waals surface area contributed by atoms with E-state index in [9.17, 15) is 20.0 Å². The minimum Gasteiger partial charge on any atom is -0.504 e. The van der Waals surface area contributed by atoms with Gasteiger partial charge in [-0.3, -0.25) is 14.9 Å². The Morgan fingerprint density at radius 3 is 2.14 bits per heavy atom. The minimum atomic E-state index is -0.530. The molecule has 0 unspecified atom stereocenters. The van der Waals surface area contributed by atoms with Crippen LogP contribution in [0.15, 0.2) is 54.6 Å². The smallest absolute Gasteiger partial charge is 0.270 e. The summed E-state index contributed by atoms with van der Waals surface area (Å²) in [4.78, 5) is 23.2. The summed E-state index contributed by atoms with van der Waals surface area (Å²) in [5, 5.41) is 24.0. The molecular formula is C27H26N2O8. The number of amides is 1. The van der Waals surface area contributed by atoms with Crippen LogP contribution < -0.4 is 24.3 Å². The monoisotopic (exact) mass is 506 g/mol. The summed E-state index contributed by atoms with van der Waals surface area (Å²) in [7, 11) is 5.92. The Bertz CT molecular complexity index is 1340. The van der Waals surface area contributed by atoms with Gasteiger partial charge in [0.25, 0.3) is 5.69 Å². The highest BCUT2D eigenvalue weighted by Gasteiger charge is 2.16. The van der Waals surface area contributed by atoms with Gasteiger partial charge in [0.2, 0.25) is 11.7 Å². The van der Waals surface area contributed by atoms with E-state index in [1.54, 1.807) is 36.4 Å². The second kappa shape index (κ2) is 12.1. The Labute approximate surface area is 213 Å². The zero-order valence-electron chi connectivity index (χ0n) is 20.7. The van der Waals surface area contributed by atoms with Gasteiger partial charge in [0, 0.05) is 23.8 Å². The summed E-state index contributed by atoms with van der Waals surface area (Å²) in [6, 6.07) is 12.5. The van der Waals surface area contributed by atoms with Crippen LogP contribution in [0.1, 0.15) is 16.7 Å². The number of nitro benzene ring substituents is 1. The van der Waals surface area contributed by atoms with Crippen molar-refractivity contribution in [2.75, 3.05) is 33.8 Å². The van der Waals surface area contributed by atoms with Crippen molar-refractivity contribution in [3.8, 4) is 28.7 Å². The van der Waals surface area contributed by atoms with Crippen molar-refractivity contribution in [2.24, 2.45) is 0 Å². The molecule has 0 aliphatic heterocycles. The summed E-state index contributed by atoms with van der Waals surface area (Å²) in [5.41, 5.74) is 1.90. The molecule has 1 amide bonds. The normalized spacial score (nSPS) is 10.9. The highest BCUT2D eigenvalue weighted by atomic mass is 16.6. The third-order valence-electron chi connectivity index (χ3n) is 5.27. The van der Waals surface area contributed by atoms with E-state index in [0.717, 1.165) is 5.56 Å². The average Bonchev–Trinajstić information content (AvgIpc) is 2.91. The lowest BCUT2D eigenvalue weighted by atomic mass is 10.1. The van der Waals surface area contributed by atoms with Gasteiger partial charge in [-0.15, -0.1) is 0 Å². The molecule has 10 nitrogen and oxygen atoms in total. The summed E-state index contributed by atoms with van der Waals surface area (Å²) in [6.45, 7) is 0. The maximum absolute atomic E-state index is 12.7. The summed E-state index contributed by atoms with van der Waals surface area (Å²) in [5.74, 6) is 0.790. The molecule has 0 radical (unpaired) electrons. The lowest BCUT2D eigenvalue weighted by Crippen LogP contribution is -2.10. The topological polar surface area (TPSA) is 129 Å². The van der Waals surface area contributed by atoms with Crippen LogP contribution in [0.4, 0.5) is 11.4 Å². The summed E-state index contributed by atoms with van der Waals surface area (Å²) in [6.07, 6.45) is 6.17. The average molecular weight is 507 g/mol. The number of carbonyl (C=O) groups is 1. The van der Waals surface area contributed by atoms with E-state index >= 15 is 0 Å². The van der Waals surface area contributed by atoms with Crippen molar-refractivity contribution in [3.63, 3.8) is 0 Å². The van der Waals surface area contributed by atoms with E-state index in [1.165, 1.54) is 64.9 Å². The van der Waals surface area contributed by atoms with Crippen LogP contribution in [0.5, 0.6) is 28.7 Å². The highest BCUT2D eigenvalue weighted by molar-refractivity contribution is 6.04. The quantitative estimate of drug-likeness (QED) is 0.167. The first-order valence-corrected chi connectivity index (χ1v) is 10.9. The first kappa shape index (κ1) is 26.6. The van der Waals surface area contributed by atoms with Gasteiger partial charge in [-0.1, -0.05) is 24.3 Å². The van der Waals surface area contributed by atoms with E-state index in [1.807, 2.05) is 0 Å². The van der Waals surface area contributed by atoms with E-state index < -0.39 is 10.8 Å². The van der Waals surface area contributed by atoms with Crippen LogP contribution >= 0.6 is 0 Å². The molecule has 0 aliphatic rings. The SMILES string of the molecule is COc1cc(/C=C/c2ccc(O)c(OC)c2NC(=O)/C=C/c2cccc([N+](=O)[O-])c2)cc(OC)c1OC. The second-order valence-corrected chi connectivity index (χ2v) is 7.55. The maximum Gasteiger partial charge on any atom is 0.270 e. The van der Waals surface area contributed by atoms with Gasteiger partial charge in [-0.2, -0.15) is 0 Å². The molecule has 0 bridgehead atoms. The number of phenolic OH excluding ortho intramolecular Hbond substituents is 1. The van der Waals surface area contributed by atoms with Gasteiger partial charge in [-0.05, 0) is 41.5 Å². The number of nitro groups is 1. The van der Waals surface area contributed by atoms with E-state index in [0.29, 0.717) is 28.4 Å². The third kappa shape index (κ3) is 6.37. The molecule has 0 heterocycles. The standard InChI is InChI=1S/C27H26N2O8/c1-34-22-15-18(16-23(35-2)27(22)37-4)8-10-19-11-12-21(30)26(36-3)25(19)28-24(31)13-9-17-6-5-7-20(14-17)29(32)33/h5-16,30H,1-4H3,(H,28,31)/b10-8+,13-9+. The lowest BCUT2D eigenvalue weighted by molar-refractivity contribution is -0.384. The molecule has 0 aromatic heterocycles. The first-order valence-electron chi connectivity index (χ1n) is 10.9. The number of nitrogens with zero attached hydrogens (tertiary/aromatic N) is 1. The highest BCUT2D eigenvalue weighted by Crippen LogP contribution is 2.40. The molecule has 0 atom stereocenters. The van der Waals surface area contributed by atoms with Gasteiger partial charge in [0.1, 0.15) is 0 Å². The molecule has 192 valence electrons. The van der Waals surface area contributed by atoms with Crippen LogP contribution in [-0.4, -0.2) is 44.4 Å². The van der Waals surface area contributed by atoms with Crippen molar-refractivity contribution in [3.05, 3.63) is 81.4 Å². The van der Waals surface area contributed by atoms with E-state index in [2.05, 4.69) is 5.32 Å². The molecule has 0 spiro atoms. The van der Waals surface area contributed by atoms with E-state index in [4.69, 9.17) is 18.9 Å². The molecule has 0 saturated heterocycles. The molecule has 37 heavy (non-hydrogen) atoms. The van der Waals surface area contributed by atoms with Crippen LogP contribution in [0.2, 0.25) is 0 Å². The number of benzene rings is 3. The maximum atomic E-state index is 12.7. The number of hydrogen-bond acceptors (Lipinski definition) is 8. The van der Waals surface area contributed by atoms with Gasteiger partial charge >= 0.3 is 0 Å². The van der Waals surface area contributed by atoms with Gasteiger partial charge in [0.05, 0.1) is 39.0 Å². The lowest BCUT2D eigenvalue weighted by Gasteiger charge is -2.14. The van der Waals surface area contributed by atoms with Crippen LogP contribution in [0.25, 0.3) is 18.2 Å². The van der Waals surface area contributed by atoms with Crippen LogP contribution in [0, 0.1) is 10.1 Å². The fourth-order valence-electron chi connectivity index (χ4n) is 3.52. The van der Waals surface area contributed by atoms with E-state index in [-0.39, 0.29) is 22.9 Å². The number of phenols is 1. The van der Waals surface area contributed by atoms with Crippen molar-refractivity contribution in [1.82, 2.24) is 0 Å². The van der Waals surface area contributed by atoms with Gasteiger partial charge < -0.3 is 29.4 Å². The molecule has 2 N–H and O–H groups in total. The number of rotatable bonds is 10. The molecule has 3 aromatic rings. The predicted molar refractivity (Wildman–Crippen MR) is 140 cm³/mol. The fraction of sp³-hybridized carbons (Fsp3) is 0.148. The molecule has 3 rings (SSSR count). The molecule has 0 saturated carbocycles. The zero-order chi connectivity index (χ0) is 26.9. The van der Waals surface area contributed by atoms with Crippen molar-refractivity contribution < 1.29 is 33.8 Å². The largest absolute Gasteiger partial charge is 0.504 e. The molecule has 0 fully saturated rings. The number of aromatic hydroxyl groups is 1. The van der Waals surface area contributed by atoms with Gasteiger partial charge in [0.15, 0.2) is 23.0 Å². The number of hydrogen-bond donors (Lipinski definition) is 2. The summed E-state index contributed by atoms with van der Waals surface area (Å²) < 4.78 is 21.5. The molecule has 3 aromatic carbocycles. The van der Waals surface area contributed by atoms with Gasteiger partial charge in [-0.25, -0.2) is 0 Å². The Hall–Kier alpha value is -4.99. The van der Waals surface area contributed by atoms with Crippen LogP contribution in [0.3, 0.4) is 0 Å². The second-order valence-electron chi connectivity index (χ2n) is 7.55. The Morgan fingerprint density at radius 2 is 1.54 bits per heavy atom. The number of non-ortho nitro benzene ring substituents is 1. The number of nitrogens with one attached hydrogen (secondary N) is 1.